The van der Waals surface area contributed by atoms with Crippen molar-refractivity contribution in [3.05, 3.63) is 29.8 Å². The molecular weight excluding hydrogens is 358 g/mol. The molecule has 6 nitrogen and oxygen atoms in total. The summed E-state index contributed by atoms with van der Waals surface area (Å²) in [7, 11) is 1.66. The molecule has 0 aromatic heterocycles. The third kappa shape index (κ3) is 4.66. The number of hydrogen-bond acceptors (Lipinski definition) is 6. The highest BCUT2D eigenvalue weighted by Crippen LogP contribution is 2.39. The maximum absolute atomic E-state index is 9.24. The topological polar surface area (TPSA) is 69.9 Å². The van der Waals surface area contributed by atoms with E-state index in [2.05, 4.69) is 19.9 Å². The van der Waals surface area contributed by atoms with Crippen LogP contribution in [0.1, 0.15) is 39.7 Å². The van der Waals surface area contributed by atoms with Gasteiger partial charge < -0.3 is 23.7 Å². The van der Waals surface area contributed by atoms with Crippen molar-refractivity contribution in [3.63, 3.8) is 0 Å². The Kier molecular flexibility index (Phi) is 6.61. The molecule has 1 aromatic carbocycles. The maximum atomic E-state index is 9.24. The van der Waals surface area contributed by atoms with E-state index in [1.54, 1.807) is 7.11 Å². The number of hydrogen-bond donors (Lipinski definition) is 0. The quantitative estimate of drug-likeness (QED) is 0.739. The van der Waals surface area contributed by atoms with Crippen molar-refractivity contribution in [2.75, 3.05) is 13.7 Å². The summed E-state index contributed by atoms with van der Waals surface area (Å²) in [6, 6.07) is 10.1. The molecule has 2 aliphatic heterocycles. The van der Waals surface area contributed by atoms with Crippen molar-refractivity contribution >= 4 is 0 Å². The van der Waals surface area contributed by atoms with Crippen molar-refractivity contribution in [1.29, 1.82) is 5.26 Å². The van der Waals surface area contributed by atoms with Gasteiger partial charge in [-0.2, -0.15) is 5.26 Å². The lowest BCUT2D eigenvalue weighted by molar-refractivity contribution is -0.223. The molecule has 2 saturated heterocycles. The molecule has 0 bridgehead atoms. The number of nitriles is 1. The molecule has 0 spiro atoms. The van der Waals surface area contributed by atoms with Crippen LogP contribution < -0.4 is 4.74 Å². The van der Waals surface area contributed by atoms with Crippen molar-refractivity contribution in [1.82, 2.24) is 0 Å². The van der Waals surface area contributed by atoms with Crippen LogP contribution in [0.15, 0.2) is 24.3 Å². The van der Waals surface area contributed by atoms with Gasteiger partial charge >= 0.3 is 0 Å². The lowest BCUT2D eigenvalue weighted by atomic mass is 9.80. The van der Waals surface area contributed by atoms with Crippen LogP contribution in [-0.2, 0) is 25.6 Å². The Labute approximate surface area is 167 Å². The SMILES string of the molecule is COc1ccc(CO[C@@H]2[C@@H](C)[C@H]([C@H]3COC(C)(C)O3)O[C@H](CC#N)[C@@H]2C)cc1. The third-order valence-corrected chi connectivity index (χ3v) is 5.76. The first-order valence-corrected chi connectivity index (χ1v) is 9.93. The number of benzene rings is 1. The second-order valence-electron chi connectivity index (χ2n) is 8.21. The molecule has 0 saturated carbocycles. The molecule has 154 valence electrons. The first-order chi connectivity index (χ1) is 13.3. The molecule has 2 fully saturated rings. The predicted molar refractivity (Wildman–Crippen MR) is 104 cm³/mol. The fraction of sp³-hybridized carbons (Fsp3) is 0.682. The Hall–Kier alpha value is -1.65. The predicted octanol–water partition coefficient (Wildman–Crippen LogP) is 3.69. The van der Waals surface area contributed by atoms with Gasteiger partial charge in [-0.15, -0.1) is 0 Å². The number of methoxy groups -OCH3 is 1. The molecule has 1 aromatic rings. The Morgan fingerprint density at radius 3 is 2.46 bits per heavy atom. The fourth-order valence-electron chi connectivity index (χ4n) is 4.17. The highest BCUT2D eigenvalue weighted by molar-refractivity contribution is 5.26. The van der Waals surface area contributed by atoms with Gasteiger partial charge in [0.25, 0.3) is 0 Å². The van der Waals surface area contributed by atoms with Crippen LogP contribution in [0.3, 0.4) is 0 Å². The van der Waals surface area contributed by atoms with Gasteiger partial charge in [-0.3, -0.25) is 0 Å². The summed E-state index contributed by atoms with van der Waals surface area (Å²) in [5, 5.41) is 9.24. The fourth-order valence-corrected chi connectivity index (χ4v) is 4.17. The van der Waals surface area contributed by atoms with Crippen molar-refractivity contribution < 1.29 is 23.7 Å². The molecule has 0 aliphatic carbocycles. The minimum atomic E-state index is -0.610. The molecule has 2 heterocycles. The molecule has 2 aliphatic rings. The zero-order chi connectivity index (χ0) is 20.3. The summed E-state index contributed by atoms with van der Waals surface area (Å²) >= 11 is 0. The summed E-state index contributed by atoms with van der Waals surface area (Å²) in [5.41, 5.74) is 1.08. The van der Waals surface area contributed by atoms with Gasteiger partial charge in [-0.25, -0.2) is 0 Å². The molecule has 0 radical (unpaired) electrons. The summed E-state index contributed by atoms with van der Waals surface area (Å²) in [6.45, 7) is 9.05. The lowest BCUT2D eigenvalue weighted by Crippen LogP contribution is -2.54. The first kappa shape index (κ1) is 21.1. The first-order valence-electron chi connectivity index (χ1n) is 9.93. The lowest BCUT2D eigenvalue weighted by Gasteiger charge is -2.45. The number of ether oxygens (including phenoxy) is 5. The van der Waals surface area contributed by atoms with Crippen LogP contribution in [0, 0.1) is 23.2 Å². The Balaban J connectivity index is 1.72. The van der Waals surface area contributed by atoms with Crippen LogP contribution in [0.25, 0.3) is 0 Å². The van der Waals surface area contributed by atoms with E-state index in [0.29, 0.717) is 19.6 Å². The average Bonchev–Trinajstić information content (AvgIpc) is 3.04. The largest absolute Gasteiger partial charge is 0.497 e. The van der Waals surface area contributed by atoms with Crippen LogP contribution in [-0.4, -0.2) is 43.9 Å². The van der Waals surface area contributed by atoms with Crippen LogP contribution in [0.2, 0.25) is 0 Å². The average molecular weight is 389 g/mol. The molecule has 6 atom stereocenters. The summed E-state index contributed by atoms with van der Waals surface area (Å²) in [6.07, 6.45) is -0.210. The van der Waals surface area contributed by atoms with Gasteiger partial charge in [-0.05, 0) is 31.5 Å². The van der Waals surface area contributed by atoms with Gasteiger partial charge in [0.05, 0.1) is 51.1 Å². The van der Waals surface area contributed by atoms with E-state index in [1.807, 2.05) is 38.1 Å². The standard InChI is InChI=1S/C22H31NO5/c1-14-18(10-11-23)27-21(19-13-26-22(3,4)28-19)15(2)20(14)25-12-16-6-8-17(24-5)9-7-16/h6-9,14-15,18-21H,10,12-13H2,1-5H3/t14-,15+,18+,19+,20-,21+/m0/s1. The Morgan fingerprint density at radius 2 is 1.89 bits per heavy atom. The van der Waals surface area contributed by atoms with Crippen molar-refractivity contribution in [2.24, 2.45) is 11.8 Å². The summed E-state index contributed by atoms with van der Waals surface area (Å²) in [5.74, 6) is 0.443. The molecule has 3 rings (SSSR count). The van der Waals surface area contributed by atoms with Gasteiger partial charge in [-0.1, -0.05) is 26.0 Å². The van der Waals surface area contributed by atoms with Crippen LogP contribution in [0.4, 0.5) is 0 Å². The van der Waals surface area contributed by atoms with Crippen LogP contribution in [0.5, 0.6) is 5.75 Å². The number of rotatable bonds is 6. The van der Waals surface area contributed by atoms with E-state index < -0.39 is 5.79 Å². The monoisotopic (exact) mass is 389 g/mol. The van der Waals surface area contributed by atoms with Crippen molar-refractivity contribution in [2.45, 2.75) is 70.9 Å². The number of nitrogens with zero attached hydrogens (tertiary/aromatic N) is 1. The molecule has 0 N–H and O–H groups in total. The second kappa shape index (κ2) is 8.79. The normalized spacial score (nSPS) is 34.7. The minimum absolute atomic E-state index is 0.0356. The van der Waals surface area contributed by atoms with E-state index in [4.69, 9.17) is 23.7 Å². The minimum Gasteiger partial charge on any atom is -0.497 e. The van der Waals surface area contributed by atoms with E-state index in [1.165, 1.54) is 0 Å². The van der Waals surface area contributed by atoms with Crippen LogP contribution >= 0.6 is 0 Å². The highest BCUT2D eigenvalue weighted by Gasteiger charge is 2.48. The third-order valence-electron chi connectivity index (χ3n) is 5.76. The van der Waals surface area contributed by atoms with E-state index in [-0.39, 0.29) is 36.3 Å². The van der Waals surface area contributed by atoms with E-state index >= 15 is 0 Å². The summed E-state index contributed by atoms with van der Waals surface area (Å²) < 4.78 is 29.7. The molecular formula is C22H31NO5. The van der Waals surface area contributed by atoms with Crippen molar-refractivity contribution in [3.8, 4) is 11.8 Å². The Bertz CT molecular complexity index is 683. The van der Waals surface area contributed by atoms with E-state index in [0.717, 1.165) is 11.3 Å². The summed E-state index contributed by atoms with van der Waals surface area (Å²) in [4.78, 5) is 0. The van der Waals surface area contributed by atoms with Gasteiger partial charge in [0.1, 0.15) is 11.9 Å². The molecule has 0 unspecified atom stereocenters. The Morgan fingerprint density at radius 1 is 1.18 bits per heavy atom. The second-order valence-corrected chi connectivity index (χ2v) is 8.21. The van der Waals surface area contributed by atoms with Gasteiger partial charge in [0.15, 0.2) is 5.79 Å². The zero-order valence-corrected chi connectivity index (χ0v) is 17.4. The highest BCUT2D eigenvalue weighted by atomic mass is 16.7. The molecule has 6 heteroatoms. The molecule has 0 amide bonds. The van der Waals surface area contributed by atoms with Gasteiger partial charge in [0.2, 0.25) is 0 Å². The van der Waals surface area contributed by atoms with Gasteiger partial charge in [0, 0.05) is 11.8 Å². The van der Waals surface area contributed by atoms with E-state index in [9.17, 15) is 5.26 Å². The maximum Gasteiger partial charge on any atom is 0.163 e. The molecule has 28 heavy (non-hydrogen) atoms. The zero-order valence-electron chi connectivity index (χ0n) is 17.4. The smallest absolute Gasteiger partial charge is 0.163 e.